The van der Waals surface area contributed by atoms with Crippen LogP contribution in [0.25, 0.3) is 0 Å². The first-order valence-electron chi connectivity index (χ1n) is 13.2. The summed E-state index contributed by atoms with van der Waals surface area (Å²) in [5.41, 5.74) is 1.59. The number of rotatable bonds is 10. The monoisotopic (exact) mass is 522 g/mol. The molecule has 2 aromatic rings. The fourth-order valence-electron chi connectivity index (χ4n) is 4.92. The van der Waals surface area contributed by atoms with Crippen LogP contribution in [0.4, 0.5) is 0 Å². The number of carbonyl (C=O) groups excluding carboxylic acids is 1. The van der Waals surface area contributed by atoms with Crippen molar-refractivity contribution in [1.29, 1.82) is 0 Å². The van der Waals surface area contributed by atoms with Gasteiger partial charge in [0.1, 0.15) is 12.2 Å². The molecule has 4 rings (SSSR count). The van der Waals surface area contributed by atoms with Crippen LogP contribution in [0.5, 0.6) is 0 Å². The Bertz CT molecular complexity index is 1050. The van der Waals surface area contributed by atoms with Crippen LogP contribution in [0.2, 0.25) is 0 Å². The Balaban J connectivity index is 1.46. The fraction of sp³-hybridized carbons (Fsp3) is 0.452. The van der Waals surface area contributed by atoms with Crippen LogP contribution >= 0.6 is 0 Å². The van der Waals surface area contributed by atoms with Gasteiger partial charge in [-0.15, -0.1) is 0 Å². The maximum absolute atomic E-state index is 11.3. The zero-order chi connectivity index (χ0) is 26.8. The number of fused-ring (bicyclic) bond motifs is 1. The molecule has 6 atom stereocenters. The number of carbonyl (C=O) groups is 1. The first-order chi connectivity index (χ1) is 18.5. The second-order valence-corrected chi connectivity index (χ2v) is 10.0. The molecule has 2 aliphatic rings. The minimum absolute atomic E-state index is 0.247. The lowest BCUT2D eigenvalue weighted by molar-refractivity contribution is -0.255. The number of esters is 1. The van der Waals surface area contributed by atoms with Gasteiger partial charge in [0.05, 0.1) is 50.8 Å². The summed E-state index contributed by atoms with van der Waals surface area (Å²) >= 11 is 0. The molecule has 204 valence electrons. The molecular formula is C31H38O7. The summed E-state index contributed by atoms with van der Waals surface area (Å²) < 4.78 is 30.2. The molecule has 0 radical (unpaired) electrons. The smallest absolute Gasteiger partial charge is 0.330 e. The molecule has 2 fully saturated rings. The zero-order valence-corrected chi connectivity index (χ0v) is 22.1. The van der Waals surface area contributed by atoms with Gasteiger partial charge in [0, 0.05) is 12.5 Å². The van der Waals surface area contributed by atoms with Gasteiger partial charge in [-0.2, -0.15) is 0 Å². The minimum Gasteiger partial charge on any atom is -0.466 e. The van der Waals surface area contributed by atoms with Gasteiger partial charge in [-0.3, -0.25) is 0 Å². The predicted octanol–water partition coefficient (Wildman–Crippen LogP) is 4.53. The molecule has 0 saturated carbocycles. The van der Waals surface area contributed by atoms with Crippen LogP contribution in [0.1, 0.15) is 37.3 Å². The van der Waals surface area contributed by atoms with E-state index in [4.69, 9.17) is 18.9 Å². The Morgan fingerprint density at radius 1 is 1.05 bits per heavy atom. The van der Waals surface area contributed by atoms with Crippen molar-refractivity contribution in [2.75, 3.05) is 13.7 Å². The molecule has 0 unspecified atom stereocenters. The quantitative estimate of drug-likeness (QED) is 0.279. The second-order valence-electron chi connectivity index (χ2n) is 10.0. The van der Waals surface area contributed by atoms with Crippen LogP contribution < -0.4 is 0 Å². The normalized spacial score (nSPS) is 29.7. The number of aliphatic hydroxyl groups excluding tert-OH is 1. The third-order valence-electron chi connectivity index (χ3n) is 7.15. The fourth-order valence-corrected chi connectivity index (χ4v) is 4.92. The maximum Gasteiger partial charge on any atom is 0.330 e. The van der Waals surface area contributed by atoms with Crippen LogP contribution in [0.15, 0.2) is 85.0 Å². The van der Waals surface area contributed by atoms with Crippen LogP contribution in [0.3, 0.4) is 0 Å². The third kappa shape index (κ3) is 7.85. The predicted molar refractivity (Wildman–Crippen MR) is 143 cm³/mol. The lowest BCUT2D eigenvalue weighted by Gasteiger charge is -2.47. The molecule has 2 saturated heterocycles. The van der Waals surface area contributed by atoms with E-state index in [0.717, 1.165) is 11.1 Å². The van der Waals surface area contributed by atoms with E-state index in [1.807, 2.05) is 67.6 Å². The number of hydrogen-bond acceptors (Lipinski definition) is 7. The Kier molecular flexibility index (Phi) is 10.3. The number of aliphatic hydroxyl groups is 1. The van der Waals surface area contributed by atoms with Crippen molar-refractivity contribution < 1.29 is 33.6 Å². The van der Waals surface area contributed by atoms with Crippen LogP contribution in [-0.4, -0.2) is 60.9 Å². The highest BCUT2D eigenvalue weighted by Gasteiger charge is 2.50. The minimum atomic E-state index is -0.694. The van der Waals surface area contributed by atoms with E-state index in [2.05, 4.69) is 4.74 Å². The second kappa shape index (κ2) is 13.8. The Hall–Kier alpha value is -2.81. The van der Waals surface area contributed by atoms with Crippen LogP contribution in [0, 0.1) is 0 Å². The highest BCUT2D eigenvalue weighted by molar-refractivity contribution is 5.82. The van der Waals surface area contributed by atoms with Crippen molar-refractivity contribution in [2.24, 2.45) is 0 Å². The zero-order valence-electron chi connectivity index (χ0n) is 22.1. The summed E-state index contributed by atoms with van der Waals surface area (Å²) in [6.07, 6.45) is 6.10. The van der Waals surface area contributed by atoms with Gasteiger partial charge in [-0.1, -0.05) is 78.9 Å². The molecule has 0 aliphatic carbocycles. The highest BCUT2D eigenvalue weighted by atomic mass is 16.6. The van der Waals surface area contributed by atoms with E-state index in [0.29, 0.717) is 39.1 Å². The highest BCUT2D eigenvalue weighted by Crippen LogP contribution is 2.40. The molecule has 2 aromatic carbocycles. The summed E-state index contributed by atoms with van der Waals surface area (Å²) in [6, 6.07) is 20.1. The van der Waals surface area contributed by atoms with Gasteiger partial charge < -0.3 is 28.8 Å². The third-order valence-corrected chi connectivity index (χ3v) is 7.15. The Morgan fingerprint density at radius 3 is 2.42 bits per heavy atom. The number of benzene rings is 2. The molecule has 7 heteroatoms. The number of methoxy groups -OCH3 is 1. The molecule has 1 N–H and O–H groups in total. The molecule has 2 aliphatic heterocycles. The molecular weight excluding hydrogens is 484 g/mol. The van der Waals surface area contributed by atoms with E-state index in [1.54, 1.807) is 18.2 Å². The first-order valence-corrected chi connectivity index (χ1v) is 13.2. The molecule has 38 heavy (non-hydrogen) atoms. The lowest BCUT2D eigenvalue weighted by atomic mass is 9.85. The lowest BCUT2D eigenvalue weighted by Crippen LogP contribution is -2.57. The summed E-state index contributed by atoms with van der Waals surface area (Å²) in [5.74, 6) is -0.441. The SMILES string of the molecule is COC(=O)/C=C/C=C\[C@@H]1O[C@@H]2C[C@H](OCc3ccccc3)[C@@H](COCc3ccccc3)O[C@@]2(C)CC[C@H]1O. The summed E-state index contributed by atoms with van der Waals surface area (Å²) in [6.45, 7) is 3.39. The van der Waals surface area contributed by atoms with Crippen molar-refractivity contribution in [2.45, 2.75) is 75.5 Å². The molecule has 0 spiro atoms. The summed E-state index contributed by atoms with van der Waals surface area (Å²) in [5, 5.41) is 10.8. The van der Waals surface area contributed by atoms with E-state index in [1.165, 1.54) is 13.2 Å². The van der Waals surface area contributed by atoms with Crippen molar-refractivity contribution in [3.63, 3.8) is 0 Å². The average molecular weight is 523 g/mol. The van der Waals surface area contributed by atoms with Gasteiger partial charge in [-0.05, 0) is 30.9 Å². The van der Waals surface area contributed by atoms with Gasteiger partial charge >= 0.3 is 5.97 Å². The van der Waals surface area contributed by atoms with Crippen molar-refractivity contribution in [1.82, 2.24) is 0 Å². The Labute approximate surface area is 225 Å². The molecule has 7 nitrogen and oxygen atoms in total. The largest absolute Gasteiger partial charge is 0.466 e. The topological polar surface area (TPSA) is 83.5 Å². The molecule has 0 bridgehead atoms. The number of hydrogen-bond donors (Lipinski definition) is 1. The maximum atomic E-state index is 11.3. The number of allylic oxidation sites excluding steroid dienone is 2. The average Bonchev–Trinajstić information content (AvgIpc) is 3.06. The van der Waals surface area contributed by atoms with E-state index >= 15 is 0 Å². The molecule has 0 aromatic heterocycles. The Morgan fingerprint density at radius 2 is 1.74 bits per heavy atom. The van der Waals surface area contributed by atoms with Gasteiger partial charge in [0.2, 0.25) is 0 Å². The van der Waals surface area contributed by atoms with Gasteiger partial charge in [-0.25, -0.2) is 4.79 Å². The standard InChI is InChI=1S/C31H38O7/c1-31-18-17-25(32)26(15-9-10-16-30(33)34-2)37-29(31)19-27(36-21-24-13-7-4-8-14-24)28(38-31)22-35-20-23-11-5-3-6-12-23/h3-16,25-29,32H,17-22H2,1-2H3/b15-9-,16-10+/t25-,26+,27+,28-,29-,31+/m1/s1. The van der Waals surface area contributed by atoms with E-state index in [-0.39, 0.29) is 18.3 Å². The van der Waals surface area contributed by atoms with Crippen molar-refractivity contribution in [3.8, 4) is 0 Å². The summed E-state index contributed by atoms with van der Waals surface area (Å²) in [4.78, 5) is 11.3. The van der Waals surface area contributed by atoms with Crippen molar-refractivity contribution in [3.05, 3.63) is 96.1 Å². The van der Waals surface area contributed by atoms with Crippen LogP contribution in [-0.2, 0) is 41.7 Å². The molecule has 0 amide bonds. The first kappa shape index (κ1) is 28.2. The summed E-state index contributed by atoms with van der Waals surface area (Å²) in [7, 11) is 1.33. The van der Waals surface area contributed by atoms with E-state index in [9.17, 15) is 9.90 Å². The van der Waals surface area contributed by atoms with Gasteiger partial charge in [0.15, 0.2) is 0 Å². The van der Waals surface area contributed by atoms with E-state index < -0.39 is 23.8 Å². The number of ether oxygens (including phenoxy) is 5. The van der Waals surface area contributed by atoms with Crippen molar-refractivity contribution >= 4 is 5.97 Å². The van der Waals surface area contributed by atoms with Gasteiger partial charge in [0.25, 0.3) is 0 Å². The molecule has 2 heterocycles.